The van der Waals surface area contributed by atoms with E-state index < -0.39 is 0 Å². The van der Waals surface area contributed by atoms with E-state index in [2.05, 4.69) is 15.5 Å². The minimum atomic E-state index is 0.477. The number of hydrogen-bond acceptors (Lipinski definition) is 5. The second-order valence-corrected chi connectivity index (χ2v) is 6.94. The smallest absolute Gasteiger partial charge is 0.226 e. The zero-order valence-corrected chi connectivity index (χ0v) is 12.3. The Balaban J connectivity index is 1.49. The molecular weight excluding hydrogens is 258 g/mol. The van der Waals surface area contributed by atoms with Gasteiger partial charge in [0.25, 0.3) is 0 Å². The lowest BCUT2D eigenvalue weighted by Crippen LogP contribution is -2.27. The quantitative estimate of drug-likeness (QED) is 0.919. The van der Waals surface area contributed by atoms with Gasteiger partial charge in [0.05, 0.1) is 5.25 Å². The number of thioether (sulfide) groups is 1. The predicted molar refractivity (Wildman–Crippen MR) is 77.3 cm³/mol. The maximum atomic E-state index is 5.42. The Bertz CT molecular complexity index is 384. The molecule has 0 radical (unpaired) electrons. The fraction of sp³-hybridized carbons (Fsp3) is 0.857. The van der Waals surface area contributed by atoms with Crippen LogP contribution in [0.2, 0.25) is 0 Å². The molecule has 19 heavy (non-hydrogen) atoms. The van der Waals surface area contributed by atoms with Crippen LogP contribution in [0.25, 0.3) is 0 Å². The number of aryl methyl sites for hydroxylation is 1. The van der Waals surface area contributed by atoms with Crippen LogP contribution in [-0.2, 0) is 6.42 Å². The van der Waals surface area contributed by atoms with E-state index in [9.17, 15) is 0 Å². The SMILES string of the molecule is C1CCC(c2noc(CCC3CCNCC3)n2)SC1. The van der Waals surface area contributed by atoms with Gasteiger partial charge in [-0.2, -0.15) is 16.7 Å². The lowest BCUT2D eigenvalue weighted by molar-refractivity contribution is 0.323. The average Bonchev–Trinajstić information content (AvgIpc) is 2.96. The van der Waals surface area contributed by atoms with Gasteiger partial charge in [0.1, 0.15) is 0 Å². The first-order valence-electron chi connectivity index (χ1n) is 7.56. The molecule has 0 amide bonds. The normalized spacial score (nSPS) is 25.6. The van der Waals surface area contributed by atoms with Crippen molar-refractivity contribution in [2.45, 2.75) is 50.2 Å². The van der Waals surface area contributed by atoms with Gasteiger partial charge in [-0.3, -0.25) is 0 Å². The Morgan fingerprint density at radius 3 is 2.89 bits per heavy atom. The third-order valence-corrected chi connectivity index (χ3v) is 5.55. The molecule has 106 valence electrons. The van der Waals surface area contributed by atoms with Crippen LogP contribution in [-0.4, -0.2) is 29.0 Å². The zero-order valence-electron chi connectivity index (χ0n) is 11.4. The molecule has 1 aromatic rings. The molecule has 0 spiro atoms. The summed E-state index contributed by atoms with van der Waals surface area (Å²) in [4.78, 5) is 4.60. The molecule has 1 aromatic heterocycles. The van der Waals surface area contributed by atoms with E-state index in [1.165, 1.54) is 57.4 Å². The summed E-state index contributed by atoms with van der Waals surface area (Å²) in [5.41, 5.74) is 0. The van der Waals surface area contributed by atoms with E-state index in [-0.39, 0.29) is 0 Å². The molecule has 4 nitrogen and oxygen atoms in total. The standard InChI is InChI=1S/C14H23N3OS/c1-2-10-19-12(3-1)14-16-13(18-17-14)5-4-11-6-8-15-9-7-11/h11-12,15H,1-10H2. The highest BCUT2D eigenvalue weighted by Gasteiger charge is 2.22. The maximum Gasteiger partial charge on any atom is 0.226 e. The molecule has 0 bridgehead atoms. The van der Waals surface area contributed by atoms with E-state index in [1.54, 1.807) is 0 Å². The van der Waals surface area contributed by atoms with Crippen molar-refractivity contribution in [3.05, 3.63) is 11.7 Å². The van der Waals surface area contributed by atoms with Crippen LogP contribution in [0.4, 0.5) is 0 Å². The van der Waals surface area contributed by atoms with Gasteiger partial charge < -0.3 is 9.84 Å². The zero-order chi connectivity index (χ0) is 12.9. The van der Waals surface area contributed by atoms with Crippen LogP contribution >= 0.6 is 11.8 Å². The van der Waals surface area contributed by atoms with Crippen molar-refractivity contribution < 1.29 is 4.52 Å². The van der Waals surface area contributed by atoms with Crippen molar-refractivity contribution in [3.63, 3.8) is 0 Å². The summed E-state index contributed by atoms with van der Waals surface area (Å²) in [6, 6.07) is 0. The van der Waals surface area contributed by atoms with Crippen molar-refractivity contribution in [2.75, 3.05) is 18.8 Å². The molecule has 5 heteroatoms. The van der Waals surface area contributed by atoms with Gasteiger partial charge in [0.15, 0.2) is 5.82 Å². The summed E-state index contributed by atoms with van der Waals surface area (Å²) in [6.07, 6.45) is 8.57. The molecule has 1 unspecified atom stereocenters. The Morgan fingerprint density at radius 1 is 1.21 bits per heavy atom. The summed E-state index contributed by atoms with van der Waals surface area (Å²) in [5.74, 6) is 3.86. The van der Waals surface area contributed by atoms with Crippen LogP contribution in [0.3, 0.4) is 0 Å². The van der Waals surface area contributed by atoms with Crippen LogP contribution in [0, 0.1) is 5.92 Å². The second kappa shape index (κ2) is 6.75. The van der Waals surface area contributed by atoms with Gasteiger partial charge in [0.2, 0.25) is 5.89 Å². The maximum absolute atomic E-state index is 5.42. The van der Waals surface area contributed by atoms with Crippen LogP contribution in [0.15, 0.2) is 4.52 Å². The Kier molecular flexibility index (Phi) is 4.77. The van der Waals surface area contributed by atoms with E-state index in [0.29, 0.717) is 5.25 Å². The van der Waals surface area contributed by atoms with Crippen molar-refractivity contribution in [2.24, 2.45) is 5.92 Å². The minimum Gasteiger partial charge on any atom is -0.339 e. The third-order valence-electron chi connectivity index (χ3n) is 4.18. The number of piperidine rings is 1. The van der Waals surface area contributed by atoms with Crippen molar-refractivity contribution in [3.8, 4) is 0 Å². The lowest BCUT2D eigenvalue weighted by atomic mass is 9.93. The predicted octanol–water partition coefficient (Wildman–Crippen LogP) is 2.96. The lowest BCUT2D eigenvalue weighted by Gasteiger charge is -2.21. The molecule has 0 aliphatic carbocycles. The Morgan fingerprint density at radius 2 is 2.11 bits per heavy atom. The minimum absolute atomic E-state index is 0.477. The molecule has 2 fully saturated rings. The highest BCUT2D eigenvalue weighted by atomic mass is 32.2. The summed E-state index contributed by atoms with van der Waals surface area (Å²) < 4.78 is 5.42. The fourth-order valence-corrected chi connectivity index (χ4v) is 4.18. The fourth-order valence-electron chi connectivity index (χ4n) is 2.94. The van der Waals surface area contributed by atoms with E-state index in [1.807, 2.05) is 11.8 Å². The van der Waals surface area contributed by atoms with Crippen LogP contribution in [0.1, 0.15) is 55.5 Å². The first-order chi connectivity index (χ1) is 9.42. The van der Waals surface area contributed by atoms with E-state index in [0.717, 1.165) is 24.1 Å². The van der Waals surface area contributed by atoms with Crippen LogP contribution < -0.4 is 5.32 Å². The van der Waals surface area contributed by atoms with Gasteiger partial charge in [-0.25, -0.2) is 0 Å². The molecule has 3 rings (SSSR count). The number of rotatable bonds is 4. The summed E-state index contributed by atoms with van der Waals surface area (Å²) in [6.45, 7) is 2.33. The number of hydrogen-bond donors (Lipinski definition) is 1. The number of nitrogens with zero attached hydrogens (tertiary/aromatic N) is 2. The number of nitrogens with one attached hydrogen (secondary N) is 1. The topological polar surface area (TPSA) is 51.0 Å². The first kappa shape index (κ1) is 13.4. The molecule has 3 heterocycles. The highest BCUT2D eigenvalue weighted by molar-refractivity contribution is 7.99. The van der Waals surface area contributed by atoms with Gasteiger partial charge in [-0.15, -0.1) is 0 Å². The van der Waals surface area contributed by atoms with Gasteiger partial charge >= 0.3 is 0 Å². The van der Waals surface area contributed by atoms with Gasteiger partial charge in [-0.1, -0.05) is 11.6 Å². The molecule has 0 saturated carbocycles. The molecule has 2 saturated heterocycles. The second-order valence-electron chi connectivity index (χ2n) is 5.63. The molecule has 0 aromatic carbocycles. The Labute approximate surface area is 119 Å². The molecule has 1 N–H and O–H groups in total. The van der Waals surface area contributed by atoms with Gasteiger partial charge in [0, 0.05) is 6.42 Å². The molecule has 2 aliphatic heterocycles. The van der Waals surface area contributed by atoms with Crippen molar-refractivity contribution in [1.82, 2.24) is 15.5 Å². The largest absolute Gasteiger partial charge is 0.339 e. The van der Waals surface area contributed by atoms with Crippen LogP contribution in [0.5, 0.6) is 0 Å². The number of aromatic nitrogens is 2. The van der Waals surface area contributed by atoms with E-state index in [4.69, 9.17) is 4.52 Å². The molecule has 1 atom stereocenters. The van der Waals surface area contributed by atoms with Gasteiger partial charge in [-0.05, 0) is 56.9 Å². The molecule has 2 aliphatic rings. The summed E-state index contributed by atoms with van der Waals surface area (Å²) >= 11 is 1.98. The molecular formula is C14H23N3OS. The summed E-state index contributed by atoms with van der Waals surface area (Å²) in [7, 11) is 0. The first-order valence-corrected chi connectivity index (χ1v) is 8.61. The third kappa shape index (κ3) is 3.72. The average molecular weight is 281 g/mol. The van der Waals surface area contributed by atoms with Crippen molar-refractivity contribution >= 4 is 11.8 Å². The Hall–Kier alpha value is -0.550. The summed E-state index contributed by atoms with van der Waals surface area (Å²) in [5, 5.41) is 8.07. The van der Waals surface area contributed by atoms with Crippen molar-refractivity contribution in [1.29, 1.82) is 0 Å². The highest BCUT2D eigenvalue weighted by Crippen LogP contribution is 2.36. The van der Waals surface area contributed by atoms with E-state index >= 15 is 0 Å². The monoisotopic (exact) mass is 281 g/mol.